The number of hydrogen-bond donors (Lipinski definition) is 8. The van der Waals surface area contributed by atoms with Gasteiger partial charge in [0.15, 0.2) is 12.6 Å². The first-order valence-electron chi connectivity index (χ1n) is 7.08. The van der Waals surface area contributed by atoms with Gasteiger partial charge in [-0.25, -0.2) is 0 Å². The van der Waals surface area contributed by atoms with Crippen LogP contribution in [-0.2, 0) is 14.2 Å². The fourth-order valence-electron chi connectivity index (χ4n) is 2.56. The molecule has 0 bridgehead atoms. The summed E-state index contributed by atoms with van der Waals surface area (Å²) >= 11 is 0. The second-order valence-corrected chi connectivity index (χ2v) is 5.53. The van der Waals surface area contributed by atoms with Gasteiger partial charge in [0.2, 0.25) is 0 Å². The zero-order valence-corrected chi connectivity index (χ0v) is 12.0. The summed E-state index contributed by atoms with van der Waals surface area (Å²) in [6.07, 6.45) is -15.7. The standard InChI is InChI=1S/C12H22O11/c13-1-3-5(15)7(17)8(18)12(22-3)23-10-6(16)4(2-14)21-11(20)9(10)19/h3-20H,1-2H2/t3?,4?,5-,6-,7+,8?,9?,10+,11-,12+/m1/s1. The molecule has 136 valence electrons. The van der Waals surface area contributed by atoms with E-state index in [1.807, 2.05) is 0 Å². The molecule has 11 nitrogen and oxygen atoms in total. The van der Waals surface area contributed by atoms with Crippen LogP contribution in [0, 0.1) is 0 Å². The monoisotopic (exact) mass is 342 g/mol. The van der Waals surface area contributed by atoms with Crippen LogP contribution in [0.5, 0.6) is 0 Å². The molecule has 10 atom stereocenters. The van der Waals surface area contributed by atoms with Crippen LogP contribution in [-0.4, -0.2) is 115 Å². The van der Waals surface area contributed by atoms with E-state index in [4.69, 9.17) is 24.4 Å². The molecule has 4 unspecified atom stereocenters. The van der Waals surface area contributed by atoms with Crippen molar-refractivity contribution in [3.05, 3.63) is 0 Å². The van der Waals surface area contributed by atoms with Crippen LogP contribution in [0.3, 0.4) is 0 Å². The molecular weight excluding hydrogens is 320 g/mol. The lowest BCUT2D eigenvalue weighted by molar-refractivity contribution is -0.355. The molecule has 23 heavy (non-hydrogen) atoms. The fourth-order valence-corrected chi connectivity index (χ4v) is 2.56. The van der Waals surface area contributed by atoms with Crippen molar-refractivity contribution >= 4 is 0 Å². The molecule has 0 saturated carbocycles. The van der Waals surface area contributed by atoms with Crippen LogP contribution in [0.25, 0.3) is 0 Å². The van der Waals surface area contributed by atoms with Gasteiger partial charge >= 0.3 is 0 Å². The minimum absolute atomic E-state index is 0.667. The third-order valence-electron chi connectivity index (χ3n) is 3.98. The summed E-state index contributed by atoms with van der Waals surface area (Å²) in [4.78, 5) is 0. The Balaban J connectivity index is 2.11. The molecule has 2 saturated heterocycles. The molecule has 2 rings (SSSR count). The molecule has 2 heterocycles. The third-order valence-corrected chi connectivity index (χ3v) is 3.98. The smallest absolute Gasteiger partial charge is 0.187 e. The molecule has 8 N–H and O–H groups in total. The van der Waals surface area contributed by atoms with E-state index in [0.717, 1.165) is 0 Å². The predicted octanol–water partition coefficient (Wildman–Crippen LogP) is -5.40. The van der Waals surface area contributed by atoms with E-state index in [0.29, 0.717) is 0 Å². The molecule has 0 spiro atoms. The number of aliphatic hydroxyl groups is 8. The summed E-state index contributed by atoms with van der Waals surface area (Å²) in [7, 11) is 0. The normalized spacial score (nSPS) is 51.7. The van der Waals surface area contributed by atoms with Crippen molar-refractivity contribution in [1.82, 2.24) is 0 Å². The van der Waals surface area contributed by atoms with Crippen LogP contribution in [0.2, 0.25) is 0 Å². The molecule has 11 heteroatoms. The summed E-state index contributed by atoms with van der Waals surface area (Å²) < 4.78 is 15.1. The maximum absolute atomic E-state index is 10.00. The molecule has 2 fully saturated rings. The van der Waals surface area contributed by atoms with Crippen molar-refractivity contribution in [2.24, 2.45) is 0 Å². The van der Waals surface area contributed by atoms with Gasteiger partial charge in [-0.2, -0.15) is 0 Å². The van der Waals surface area contributed by atoms with E-state index < -0.39 is 74.6 Å². The van der Waals surface area contributed by atoms with Crippen LogP contribution < -0.4 is 0 Å². The van der Waals surface area contributed by atoms with E-state index in [2.05, 4.69) is 0 Å². The summed E-state index contributed by atoms with van der Waals surface area (Å²) in [6, 6.07) is 0. The van der Waals surface area contributed by atoms with Crippen molar-refractivity contribution in [2.75, 3.05) is 13.2 Å². The lowest BCUT2D eigenvalue weighted by atomic mass is 9.97. The van der Waals surface area contributed by atoms with E-state index in [1.165, 1.54) is 0 Å². The average molecular weight is 342 g/mol. The van der Waals surface area contributed by atoms with Gasteiger partial charge in [-0.05, 0) is 0 Å². The van der Waals surface area contributed by atoms with Crippen molar-refractivity contribution in [1.29, 1.82) is 0 Å². The largest absolute Gasteiger partial charge is 0.394 e. The minimum atomic E-state index is -1.76. The summed E-state index contributed by atoms with van der Waals surface area (Å²) in [5.74, 6) is 0. The Morgan fingerprint density at radius 2 is 1.22 bits per heavy atom. The number of hydrogen-bond acceptors (Lipinski definition) is 11. The van der Waals surface area contributed by atoms with E-state index in [-0.39, 0.29) is 0 Å². The number of ether oxygens (including phenoxy) is 3. The van der Waals surface area contributed by atoms with Crippen LogP contribution >= 0.6 is 0 Å². The SMILES string of the molecule is OCC1O[C@@H](O[C@@H]2C(O)[C@H](O)OC(CO)[C@H]2O)C(O)[C@@H](O)[C@@H]1O. The Morgan fingerprint density at radius 1 is 0.652 bits per heavy atom. The molecule has 0 aromatic carbocycles. The highest BCUT2D eigenvalue weighted by Gasteiger charge is 2.50. The van der Waals surface area contributed by atoms with Gasteiger partial charge in [-0.1, -0.05) is 0 Å². The van der Waals surface area contributed by atoms with Gasteiger partial charge < -0.3 is 55.1 Å². The zero-order valence-electron chi connectivity index (χ0n) is 12.0. The quantitative estimate of drug-likeness (QED) is 0.243. The molecule has 0 aliphatic carbocycles. The van der Waals surface area contributed by atoms with E-state index in [1.54, 1.807) is 0 Å². The second kappa shape index (κ2) is 7.63. The Hall–Kier alpha value is -0.440. The molecular formula is C12H22O11. The number of rotatable bonds is 4. The zero-order chi connectivity index (χ0) is 17.3. The van der Waals surface area contributed by atoms with Crippen molar-refractivity contribution in [3.8, 4) is 0 Å². The van der Waals surface area contributed by atoms with Crippen LogP contribution in [0.4, 0.5) is 0 Å². The highest BCUT2D eigenvalue weighted by atomic mass is 16.7. The minimum Gasteiger partial charge on any atom is -0.394 e. The molecule has 0 radical (unpaired) electrons. The maximum Gasteiger partial charge on any atom is 0.187 e. The summed E-state index contributed by atoms with van der Waals surface area (Å²) in [5, 5.41) is 76.8. The Morgan fingerprint density at radius 3 is 1.78 bits per heavy atom. The topological polar surface area (TPSA) is 190 Å². The van der Waals surface area contributed by atoms with Crippen LogP contribution in [0.1, 0.15) is 0 Å². The number of aliphatic hydroxyl groups excluding tert-OH is 8. The van der Waals surface area contributed by atoms with Gasteiger partial charge in [0.1, 0.15) is 48.8 Å². The lowest BCUT2D eigenvalue weighted by Gasteiger charge is -2.45. The first kappa shape index (κ1) is 18.9. The van der Waals surface area contributed by atoms with Gasteiger partial charge in [0.05, 0.1) is 13.2 Å². The molecule has 2 aliphatic rings. The van der Waals surface area contributed by atoms with Gasteiger partial charge in [0, 0.05) is 0 Å². The first-order valence-corrected chi connectivity index (χ1v) is 7.08. The maximum atomic E-state index is 10.00. The highest BCUT2D eigenvalue weighted by Crippen LogP contribution is 2.28. The van der Waals surface area contributed by atoms with E-state index in [9.17, 15) is 30.6 Å². The highest BCUT2D eigenvalue weighted by molar-refractivity contribution is 4.93. The summed E-state index contributed by atoms with van der Waals surface area (Å²) in [6.45, 7) is -1.34. The van der Waals surface area contributed by atoms with Crippen molar-refractivity contribution in [2.45, 2.75) is 61.4 Å². The third kappa shape index (κ3) is 3.65. The van der Waals surface area contributed by atoms with Gasteiger partial charge in [0.25, 0.3) is 0 Å². The van der Waals surface area contributed by atoms with E-state index >= 15 is 0 Å². The molecule has 2 aliphatic heterocycles. The predicted molar refractivity (Wildman–Crippen MR) is 68.6 cm³/mol. The molecule has 0 amide bonds. The summed E-state index contributed by atoms with van der Waals surface area (Å²) in [5.41, 5.74) is 0. The van der Waals surface area contributed by atoms with Crippen molar-refractivity contribution < 1.29 is 55.1 Å². The first-order chi connectivity index (χ1) is 10.8. The second-order valence-electron chi connectivity index (χ2n) is 5.53. The fraction of sp³-hybridized carbons (Fsp3) is 1.00. The van der Waals surface area contributed by atoms with Crippen molar-refractivity contribution in [3.63, 3.8) is 0 Å². The Bertz CT molecular complexity index is 380. The Labute approximate surface area is 130 Å². The Kier molecular flexibility index (Phi) is 6.27. The lowest BCUT2D eigenvalue weighted by Crippen LogP contribution is -2.64. The van der Waals surface area contributed by atoms with Gasteiger partial charge in [-0.3, -0.25) is 0 Å². The molecule has 0 aromatic heterocycles. The molecule has 0 aromatic rings. The average Bonchev–Trinajstić information content (AvgIpc) is 2.54. The van der Waals surface area contributed by atoms with Crippen LogP contribution in [0.15, 0.2) is 0 Å². The van der Waals surface area contributed by atoms with Gasteiger partial charge in [-0.15, -0.1) is 0 Å².